The van der Waals surface area contributed by atoms with Gasteiger partial charge in [0.05, 0.1) is 36.3 Å². The summed E-state index contributed by atoms with van der Waals surface area (Å²) in [5, 5.41) is 0. The van der Waals surface area contributed by atoms with Gasteiger partial charge in [0, 0.05) is 0 Å². The van der Waals surface area contributed by atoms with Gasteiger partial charge in [0.1, 0.15) is 25.4 Å². The predicted molar refractivity (Wildman–Crippen MR) is 196 cm³/mol. The van der Waals surface area contributed by atoms with Gasteiger partial charge in [-0.05, 0) is 25.7 Å². The normalized spacial score (nSPS) is 28.2. The van der Waals surface area contributed by atoms with Gasteiger partial charge in [-0.1, -0.05) is 168 Å². The molecule has 49 heavy (non-hydrogen) atoms. The van der Waals surface area contributed by atoms with Crippen LogP contribution in [0.1, 0.15) is 194 Å². The molecule has 7 heteroatoms. The summed E-state index contributed by atoms with van der Waals surface area (Å²) in [5.74, 6) is -1.60. The SMILES string of the molecule is CCCCCCCCCCCCCCC1OC1COC(=O)C1CC2OC2CC1C(=O)OCC1OC1CCCCCCCCCCCCCC. The first-order valence-corrected chi connectivity index (χ1v) is 21.4. The zero-order valence-electron chi connectivity index (χ0n) is 31.7. The fourth-order valence-electron chi connectivity index (χ4n) is 8.02. The lowest BCUT2D eigenvalue weighted by Crippen LogP contribution is -2.38. The molecule has 0 spiro atoms. The molecule has 7 nitrogen and oxygen atoms in total. The van der Waals surface area contributed by atoms with Crippen LogP contribution in [0.15, 0.2) is 0 Å². The first-order valence-electron chi connectivity index (χ1n) is 21.4. The van der Waals surface area contributed by atoms with E-state index in [2.05, 4.69) is 13.8 Å². The van der Waals surface area contributed by atoms with E-state index in [1.165, 1.54) is 154 Å². The average molecular weight is 691 g/mol. The topological polar surface area (TPSA) is 90.2 Å². The fourth-order valence-corrected chi connectivity index (χ4v) is 8.02. The number of unbranched alkanes of at least 4 members (excludes halogenated alkanes) is 22. The molecule has 0 N–H and O–H groups in total. The molecule has 4 aliphatic rings. The Bertz CT molecular complexity index is 824. The minimum Gasteiger partial charge on any atom is -0.463 e. The number of carbonyl (C=O) groups excluding carboxylic acids is 2. The summed E-state index contributed by atoms with van der Waals surface area (Å²) in [5.41, 5.74) is 0. The van der Waals surface area contributed by atoms with Gasteiger partial charge >= 0.3 is 11.9 Å². The van der Waals surface area contributed by atoms with E-state index < -0.39 is 11.8 Å². The molecular formula is C42H74O7. The second kappa shape index (κ2) is 24.1. The Morgan fingerprint density at radius 1 is 0.429 bits per heavy atom. The fraction of sp³-hybridized carbons (Fsp3) is 0.952. The van der Waals surface area contributed by atoms with E-state index in [1.807, 2.05) is 0 Å². The number of rotatable bonds is 32. The van der Waals surface area contributed by atoms with Crippen LogP contribution in [0.2, 0.25) is 0 Å². The Morgan fingerprint density at radius 2 is 0.735 bits per heavy atom. The Labute approximate surface area is 300 Å². The molecule has 0 radical (unpaired) electrons. The smallest absolute Gasteiger partial charge is 0.310 e. The second-order valence-electron chi connectivity index (χ2n) is 15.9. The highest BCUT2D eigenvalue weighted by atomic mass is 16.6. The van der Waals surface area contributed by atoms with Crippen molar-refractivity contribution in [2.24, 2.45) is 11.8 Å². The molecule has 8 atom stereocenters. The molecule has 8 unspecified atom stereocenters. The molecule has 4 rings (SSSR count). The molecule has 4 fully saturated rings. The van der Waals surface area contributed by atoms with Crippen LogP contribution in [0.25, 0.3) is 0 Å². The first kappa shape index (κ1) is 40.6. The molecular weight excluding hydrogens is 616 g/mol. The van der Waals surface area contributed by atoms with Crippen LogP contribution < -0.4 is 0 Å². The van der Waals surface area contributed by atoms with E-state index in [1.54, 1.807) is 0 Å². The Hall–Kier alpha value is -1.18. The Balaban J connectivity index is 0.971. The van der Waals surface area contributed by atoms with Gasteiger partial charge < -0.3 is 23.7 Å². The van der Waals surface area contributed by atoms with E-state index in [0.717, 1.165) is 12.8 Å². The van der Waals surface area contributed by atoms with E-state index in [9.17, 15) is 9.59 Å². The molecule has 0 aromatic rings. The van der Waals surface area contributed by atoms with Crippen molar-refractivity contribution in [3.8, 4) is 0 Å². The highest BCUT2D eigenvalue weighted by Crippen LogP contribution is 2.44. The van der Waals surface area contributed by atoms with Crippen molar-refractivity contribution >= 4 is 11.9 Å². The summed E-state index contributed by atoms with van der Waals surface area (Å²) < 4.78 is 28.7. The van der Waals surface area contributed by atoms with Crippen LogP contribution in [0, 0.1) is 11.8 Å². The number of ether oxygens (including phenoxy) is 5. The largest absolute Gasteiger partial charge is 0.463 e. The monoisotopic (exact) mass is 691 g/mol. The molecule has 0 amide bonds. The van der Waals surface area contributed by atoms with Crippen LogP contribution in [0.5, 0.6) is 0 Å². The summed E-state index contributed by atoms with van der Waals surface area (Å²) in [6.07, 6.45) is 36.0. The van der Waals surface area contributed by atoms with Crippen LogP contribution >= 0.6 is 0 Å². The Morgan fingerprint density at radius 3 is 1.06 bits per heavy atom. The predicted octanol–water partition coefficient (Wildman–Crippen LogP) is 10.6. The van der Waals surface area contributed by atoms with Crippen molar-refractivity contribution in [1.29, 1.82) is 0 Å². The van der Waals surface area contributed by atoms with E-state index >= 15 is 0 Å². The number of fused-ring (bicyclic) bond motifs is 1. The van der Waals surface area contributed by atoms with Crippen molar-refractivity contribution < 1.29 is 33.3 Å². The quantitative estimate of drug-likeness (QED) is 0.0394. The standard InChI is InChI=1S/C42H74O7/c1-3-5-7-9-11-13-15-17-19-21-23-25-27-35-39(47-35)31-45-41(43)33-29-37-38(49-37)30-34(33)42(44)46-32-40-36(48-40)28-26-24-22-20-18-16-14-12-10-8-6-4-2/h33-40H,3-32H2,1-2H3. The molecule has 1 aliphatic carbocycles. The lowest BCUT2D eigenvalue weighted by molar-refractivity contribution is -0.162. The zero-order valence-corrected chi connectivity index (χ0v) is 31.7. The van der Waals surface area contributed by atoms with Gasteiger partial charge in [-0.25, -0.2) is 0 Å². The third kappa shape index (κ3) is 16.8. The minimum atomic E-state index is -0.498. The molecule has 0 aromatic heterocycles. The van der Waals surface area contributed by atoms with Crippen LogP contribution in [-0.2, 0) is 33.3 Å². The summed E-state index contributed by atoms with van der Waals surface area (Å²) >= 11 is 0. The van der Waals surface area contributed by atoms with Crippen molar-refractivity contribution in [3.63, 3.8) is 0 Å². The second-order valence-corrected chi connectivity index (χ2v) is 15.9. The maximum absolute atomic E-state index is 13.1. The summed E-state index contributed by atoms with van der Waals surface area (Å²) in [4.78, 5) is 26.2. The maximum atomic E-state index is 13.1. The van der Waals surface area contributed by atoms with E-state index in [0.29, 0.717) is 12.8 Å². The molecule has 1 saturated carbocycles. The van der Waals surface area contributed by atoms with E-state index in [4.69, 9.17) is 23.7 Å². The number of hydrogen-bond donors (Lipinski definition) is 0. The first-order chi connectivity index (χ1) is 24.1. The zero-order chi connectivity index (χ0) is 34.5. The van der Waals surface area contributed by atoms with Crippen LogP contribution in [0.4, 0.5) is 0 Å². The summed E-state index contributed by atoms with van der Waals surface area (Å²) in [6, 6.07) is 0. The number of hydrogen-bond acceptors (Lipinski definition) is 7. The van der Waals surface area contributed by atoms with Crippen molar-refractivity contribution in [3.05, 3.63) is 0 Å². The minimum absolute atomic E-state index is 0.00429. The van der Waals surface area contributed by atoms with Gasteiger partial charge in [0.25, 0.3) is 0 Å². The average Bonchev–Trinajstić information content (AvgIpc) is 4.02. The molecule has 0 aromatic carbocycles. The highest BCUT2D eigenvalue weighted by Gasteiger charge is 2.54. The molecule has 3 saturated heterocycles. The molecule has 284 valence electrons. The number of carbonyl (C=O) groups is 2. The summed E-state index contributed by atoms with van der Waals surface area (Å²) in [7, 11) is 0. The summed E-state index contributed by atoms with van der Waals surface area (Å²) in [6.45, 7) is 5.11. The van der Waals surface area contributed by atoms with Gasteiger partial charge in [0.15, 0.2) is 0 Å². The number of esters is 2. The lowest BCUT2D eigenvalue weighted by Gasteiger charge is -2.26. The highest BCUT2D eigenvalue weighted by molar-refractivity contribution is 5.82. The van der Waals surface area contributed by atoms with Crippen molar-refractivity contribution in [2.45, 2.75) is 230 Å². The molecule has 0 bridgehead atoms. The van der Waals surface area contributed by atoms with Gasteiger partial charge in [-0.2, -0.15) is 0 Å². The maximum Gasteiger partial charge on any atom is 0.310 e. The van der Waals surface area contributed by atoms with Gasteiger partial charge in [-0.3, -0.25) is 9.59 Å². The number of epoxide rings is 3. The van der Waals surface area contributed by atoms with E-state index in [-0.39, 0.29) is 61.8 Å². The molecule has 3 heterocycles. The van der Waals surface area contributed by atoms with Crippen molar-refractivity contribution in [2.75, 3.05) is 13.2 Å². The van der Waals surface area contributed by atoms with Crippen LogP contribution in [-0.4, -0.2) is 61.8 Å². The third-order valence-electron chi connectivity index (χ3n) is 11.6. The third-order valence-corrected chi connectivity index (χ3v) is 11.6. The lowest BCUT2D eigenvalue weighted by atomic mass is 9.79. The van der Waals surface area contributed by atoms with Gasteiger partial charge in [0.2, 0.25) is 0 Å². The Kier molecular flexibility index (Phi) is 20.0. The molecule has 3 aliphatic heterocycles. The van der Waals surface area contributed by atoms with Gasteiger partial charge in [-0.15, -0.1) is 0 Å². The van der Waals surface area contributed by atoms with Crippen molar-refractivity contribution in [1.82, 2.24) is 0 Å². The van der Waals surface area contributed by atoms with Crippen LogP contribution in [0.3, 0.4) is 0 Å².